The third-order valence-corrected chi connectivity index (χ3v) is 3.65. The smallest absolute Gasteiger partial charge is 0.251 e. The van der Waals surface area contributed by atoms with Crippen LogP contribution in [0.15, 0.2) is 28.7 Å². The van der Waals surface area contributed by atoms with Crippen molar-refractivity contribution in [3.63, 3.8) is 0 Å². The number of amides is 1. The van der Waals surface area contributed by atoms with Gasteiger partial charge >= 0.3 is 0 Å². The van der Waals surface area contributed by atoms with Crippen LogP contribution in [0.25, 0.3) is 0 Å². The Morgan fingerprint density at radius 3 is 3.06 bits per heavy atom. The van der Waals surface area contributed by atoms with Crippen molar-refractivity contribution in [1.29, 1.82) is 0 Å². The molecule has 1 fully saturated rings. The predicted octanol–water partition coefficient (Wildman–Crippen LogP) is 1.98. The first-order valence-corrected chi connectivity index (χ1v) is 6.61. The molecule has 1 heterocycles. The van der Waals surface area contributed by atoms with E-state index in [1.165, 1.54) is 0 Å². The van der Waals surface area contributed by atoms with Crippen LogP contribution in [0.2, 0.25) is 0 Å². The fourth-order valence-electron chi connectivity index (χ4n) is 1.93. The Labute approximate surface area is 115 Å². The first-order valence-electron chi connectivity index (χ1n) is 5.82. The number of ether oxygens (including phenoxy) is 2. The van der Waals surface area contributed by atoms with Crippen LogP contribution in [0, 0.1) is 0 Å². The minimum Gasteiger partial charge on any atom is -0.378 e. The SMILES string of the molecule is COC1(CNC(=O)c2cccc(Br)c2)CCOC1. The lowest BCUT2D eigenvalue weighted by Gasteiger charge is -2.25. The first-order chi connectivity index (χ1) is 8.65. The lowest BCUT2D eigenvalue weighted by molar-refractivity contribution is -0.0148. The minimum atomic E-state index is -0.373. The molecule has 98 valence electrons. The molecule has 0 aliphatic carbocycles. The largest absolute Gasteiger partial charge is 0.378 e. The van der Waals surface area contributed by atoms with E-state index in [9.17, 15) is 4.79 Å². The molecule has 4 nitrogen and oxygen atoms in total. The molecule has 1 N–H and O–H groups in total. The zero-order chi connectivity index (χ0) is 13.0. The molecule has 1 unspecified atom stereocenters. The Balaban J connectivity index is 1.96. The number of hydrogen-bond donors (Lipinski definition) is 1. The van der Waals surface area contributed by atoms with Crippen molar-refractivity contribution in [3.05, 3.63) is 34.3 Å². The first kappa shape index (κ1) is 13.5. The molecule has 0 spiro atoms. The molecule has 1 aliphatic rings. The van der Waals surface area contributed by atoms with Crippen molar-refractivity contribution in [2.24, 2.45) is 0 Å². The topological polar surface area (TPSA) is 47.6 Å². The van der Waals surface area contributed by atoms with E-state index in [4.69, 9.17) is 9.47 Å². The summed E-state index contributed by atoms with van der Waals surface area (Å²) in [6.07, 6.45) is 0.808. The maximum Gasteiger partial charge on any atom is 0.251 e. The second-order valence-corrected chi connectivity index (χ2v) is 5.30. The van der Waals surface area contributed by atoms with Crippen LogP contribution in [-0.4, -0.2) is 38.4 Å². The second kappa shape index (κ2) is 5.82. The van der Waals surface area contributed by atoms with Gasteiger partial charge in [-0.2, -0.15) is 0 Å². The molecule has 0 bridgehead atoms. The van der Waals surface area contributed by atoms with Crippen LogP contribution in [0.1, 0.15) is 16.8 Å². The van der Waals surface area contributed by atoms with Crippen molar-refractivity contribution in [3.8, 4) is 0 Å². The molecule has 0 aromatic heterocycles. The molecule has 1 aromatic rings. The van der Waals surface area contributed by atoms with E-state index >= 15 is 0 Å². The Morgan fingerprint density at radius 1 is 1.61 bits per heavy atom. The number of hydrogen-bond acceptors (Lipinski definition) is 3. The zero-order valence-electron chi connectivity index (χ0n) is 10.2. The normalized spacial score (nSPS) is 23.0. The predicted molar refractivity (Wildman–Crippen MR) is 71.7 cm³/mol. The van der Waals surface area contributed by atoms with Crippen LogP contribution in [0.4, 0.5) is 0 Å². The third-order valence-electron chi connectivity index (χ3n) is 3.16. The Hall–Kier alpha value is -0.910. The van der Waals surface area contributed by atoms with Crippen LogP contribution in [0.3, 0.4) is 0 Å². The molecule has 1 saturated heterocycles. The lowest BCUT2D eigenvalue weighted by Crippen LogP contribution is -2.45. The van der Waals surface area contributed by atoms with E-state index in [1.54, 1.807) is 19.2 Å². The molecule has 0 saturated carbocycles. The van der Waals surface area contributed by atoms with Crippen molar-refractivity contribution >= 4 is 21.8 Å². The number of carbonyl (C=O) groups excluding carboxylic acids is 1. The summed E-state index contributed by atoms with van der Waals surface area (Å²) in [5.41, 5.74) is 0.260. The fourth-order valence-corrected chi connectivity index (χ4v) is 2.33. The average Bonchev–Trinajstić information content (AvgIpc) is 2.85. The van der Waals surface area contributed by atoms with Crippen LogP contribution in [-0.2, 0) is 9.47 Å². The van der Waals surface area contributed by atoms with Gasteiger partial charge in [-0.15, -0.1) is 0 Å². The van der Waals surface area contributed by atoms with Gasteiger partial charge in [-0.05, 0) is 18.2 Å². The van der Waals surface area contributed by atoms with E-state index in [2.05, 4.69) is 21.2 Å². The maximum absolute atomic E-state index is 12.0. The van der Waals surface area contributed by atoms with E-state index < -0.39 is 0 Å². The monoisotopic (exact) mass is 313 g/mol. The number of rotatable bonds is 4. The molecule has 1 aromatic carbocycles. The molecular formula is C13H16BrNO3. The van der Waals surface area contributed by atoms with Gasteiger partial charge in [0, 0.05) is 36.7 Å². The van der Waals surface area contributed by atoms with Gasteiger partial charge in [-0.25, -0.2) is 0 Å². The van der Waals surface area contributed by atoms with Gasteiger partial charge in [0.2, 0.25) is 0 Å². The van der Waals surface area contributed by atoms with E-state index in [1.807, 2.05) is 12.1 Å². The molecule has 1 amide bonds. The molecule has 0 radical (unpaired) electrons. The summed E-state index contributed by atoms with van der Waals surface area (Å²) in [5, 5.41) is 2.90. The number of nitrogens with one attached hydrogen (secondary N) is 1. The standard InChI is InChI=1S/C13H16BrNO3/c1-17-13(5-6-18-9-13)8-15-12(16)10-3-2-4-11(14)7-10/h2-4,7H,5-6,8-9H2,1H3,(H,15,16). The Morgan fingerprint density at radius 2 is 2.44 bits per heavy atom. The fraction of sp³-hybridized carbons (Fsp3) is 0.462. The highest BCUT2D eigenvalue weighted by Gasteiger charge is 2.35. The van der Waals surface area contributed by atoms with Gasteiger partial charge in [-0.1, -0.05) is 22.0 Å². The highest BCUT2D eigenvalue weighted by Crippen LogP contribution is 2.21. The van der Waals surface area contributed by atoms with Crippen LogP contribution in [0.5, 0.6) is 0 Å². The number of benzene rings is 1. The second-order valence-electron chi connectivity index (χ2n) is 4.38. The molecule has 5 heteroatoms. The van der Waals surface area contributed by atoms with Gasteiger partial charge in [0.05, 0.1) is 6.61 Å². The Kier molecular flexibility index (Phi) is 4.37. The lowest BCUT2D eigenvalue weighted by atomic mass is 10.0. The number of carbonyl (C=O) groups is 1. The summed E-state index contributed by atoms with van der Waals surface area (Å²) in [7, 11) is 1.65. The van der Waals surface area contributed by atoms with Crippen molar-refractivity contribution in [2.75, 3.05) is 26.9 Å². The third kappa shape index (κ3) is 3.10. The van der Waals surface area contributed by atoms with Gasteiger partial charge in [0.1, 0.15) is 5.60 Å². The molecule has 1 atom stereocenters. The highest BCUT2D eigenvalue weighted by molar-refractivity contribution is 9.10. The Bertz CT molecular complexity index is 430. The summed E-state index contributed by atoms with van der Waals surface area (Å²) >= 11 is 3.35. The van der Waals surface area contributed by atoms with Gasteiger partial charge in [-0.3, -0.25) is 4.79 Å². The zero-order valence-corrected chi connectivity index (χ0v) is 11.8. The van der Waals surface area contributed by atoms with Crippen molar-refractivity contribution in [1.82, 2.24) is 5.32 Å². The molecule has 2 rings (SSSR count). The molecular weight excluding hydrogens is 298 g/mol. The minimum absolute atomic E-state index is 0.0976. The highest BCUT2D eigenvalue weighted by atomic mass is 79.9. The van der Waals surface area contributed by atoms with Gasteiger partial charge in [0.25, 0.3) is 5.91 Å². The van der Waals surface area contributed by atoms with E-state index in [-0.39, 0.29) is 11.5 Å². The van der Waals surface area contributed by atoms with Gasteiger partial charge < -0.3 is 14.8 Å². The van der Waals surface area contributed by atoms with Crippen LogP contribution < -0.4 is 5.32 Å². The van der Waals surface area contributed by atoms with E-state index in [0.717, 1.165) is 10.9 Å². The average molecular weight is 314 g/mol. The van der Waals surface area contributed by atoms with E-state index in [0.29, 0.717) is 25.3 Å². The summed E-state index contributed by atoms with van der Waals surface area (Å²) in [4.78, 5) is 12.0. The van der Waals surface area contributed by atoms with Crippen molar-refractivity contribution < 1.29 is 14.3 Å². The van der Waals surface area contributed by atoms with Crippen LogP contribution >= 0.6 is 15.9 Å². The quantitative estimate of drug-likeness (QED) is 0.924. The number of halogens is 1. The summed E-state index contributed by atoms with van der Waals surface area (Å²) in [6, 6.07) is 7.30. The molecule has 1 aliphatic heterocycles. The summed E-state index contributed by atoms with van der Waals surface area (Å²) in [6.45, 7) is 1.68. The molecule has 18 heavy (non-hydrogen) atoms. The maximum atomic E-state index is 12.0. The summed E-state index contributed by atoms with van der Waals surface area (Å²) in [5.74, 6) is -0.0976. The number of methoxy groups -OCH3 is 1. The summed E-state index contributed by atoms with van der Waals surface area (Å²) < 4.78 is 11.7. The van der Waals surface area contributed by atoms with Gasteiger partial charge in [0.15, 0.2) is 0 Å². The van der Waals surface area contributed by atoms with Crippen molar-refractivity contribution in [2.45, 2.75) is 12.0 Å².